The summed E-state index contributed by atoms with van der Waals surface area (Å²) in [5, 5.41) is 3.07. The molecule has 0 aromatic rings. The molecule has 0 aliphatic carbocycles. The Morgan fingerprint density at radius 1 is 1.90 bits per heavy atom. The van der Waals surface area contributed by atoms with Crippen LogP contribution in [-0.2, 0) is 4.79 Å². The average molecular weight is 142 g/mol. The van der Waals surface area contributed by atoms with Crippen LogP contribution in [0.2, 0.25) is 0 Å². The van der Waals surface area contributed by atoms with Crippen molar-refractivity contribution in [2.24, 2.45) is 5.73 Å². The number of nitrogens with two attached hydrogens (primary N) is 1. The quantitative estimate of drug-likeness (QED) is 0.585. The molecular weight excluding hydrogens is 128 g/mol. The average Bonchev–Trinajstić information content (AvgIpc) is 1.88. The van der Waals surface area contributed by atoms with E-state index in [9.17, 15) is 4.79 Å². The van der Waals surface area contributed by atoms with Gasteiger partial charge in [-0.1, -0.05) is 0 Å². The Morgan fingerprint density at radius 2 is 2.70 bits per heavy atom. The van der Waals surface area contributed by atoms with Crippen molar-refractivity contribution in [3.8, 4) is 0 Å². The largest absolute Gasteiger partial charge is 0.391 e. The molecule has 3 nitrogen and oxygen atoms in total. The lowest BCUT2D eigenvalue weighted by Gasteiger charge is -2.11. The third-order valence-electron chi connectivity index (χ3n) is 1.53. The van der Waals surface area contributed by atoms with Gasteiger partial charge in [0, 0.05) is 14.4 Å². The SMILES string of the molecule is NC(=O)CC1=CNCCC1.[HH]. The van der Waals surface area contributed by atoms with Crippen LogP contribution in [0.5, 0.6) is 0 Å². The molecular formula is C7H14N2O. The lowest BCUT2D eigenvalue weighted by Crippen LogP contribution is -2.18. The minimum atomic E-state index is -0.241. The van der Waals surface area contributed by atoms with Gasteiger partial charge in [-0.2, -0.15) is 0 Å². The van der Waals surface area contributed by atoms with Crippen molar-refractivity contribution in [3.05, 3.63) is 11.8 Å². The summed E-state index contributed by atoms with van der Waals surface area (Å²) < 4.78 is 0. The van der Waals surface area contributed by atoms with Crippen LogP contribution in [0.15, 0.2) is 11.8 Å². The van der Waals surface area contributed by atoms with Gasteiger partial charge >= 0.3 is 0 Å². The normalized spacial score (nSPS) is 17.4. The fraction of sp³-hybridized carbons (Fsp3) is 0.571. The van der Waals surface area contributed by atoms with E-state index in [0.717, 1.165) is 25.0 Å². The van der Waals surface area contributed by atoms with Crippen molar-refractivity contribution in [1.82, 2.24) is 5.32 Å². The molecule has 0 saturated heterocycles. The first-order valence-electron chi connectivity index (χ1n) is 3.48. The van der Waals surface area contributed by atoms with Gasteiger partial charge in [0.05, 0.1) is 0 Å². The molecule has 0 spiro atoms. The van der Waals surface area contributed by atoms with Gasteiger partial charge in [0.2, 0.25) is 5.91 Å². The Labute approximate surface area is 61.8 Å². The van der Waals surface area contributed by atoms with E-state index < -0.39 is 0 Å². The van der Waals surface area contributed by atoms with Crippen molar-refractivity contribution < 1.29 is 6.22 Å². The van der Waals surface area contributed by atoms with Crippen molar-refractivity contribution in [2.75, 3.05) is 6.54 Å². The Kier molecular flexibility index (Phi) is 2.31. The predicted molar refractivity (Wildman–Crippen MR) is 41.2 cm³/mol. The fourth-order valence-electron chi connectivity index (χ4n) is 1.07. The number of nitrogens with one attached hydrogen (secondary N) is 1. The maximum atomic E-state index is 10.4. The van der Waals surface area contributed by atoms with Gasteiger partial charge in [0.25, 0.3) is 0 Å². The first kappa shape index (κ1) is 7.12. The molecule has 1 rings (SSSR count). The number of carbonyl (C=O) groups excluding carboxylic acids is 1. The number of amides is 1. The lowest BCUT2D eigenvalue weighted by molar-refractivity contribution is -0.117. The summed E-state index contributed by atoms with van der Waals surface area (Å²) in [6.07, 6.45) is 4.43. The molecule has 0 radical (unpaired) electrons. The second-order valence-corrected chi connectivity index (χ2v) is 2.50. The van der Waals surface area contributed by atoms with Crippen LogP contribution >= 0.6 is 0 Å². The Hall–Kier alpha value is -0.990. The Balaban J connectivity index is 0.000001000. The number of carbonyl (C=O) groups is 1. The number of hydrogen-bond donors (Lipinski definition) is 2. The minimum Gasteiger partial charge on any atom is -0.391 e. The van der Waals surface area contributed by atoms with Crippen molar-refractivity contribution in [3.63, 3.8) is 0 Å². The van der Waals surface area contributed by atoms with Crippen LogP contribution in [-0.4, -0.2) is 12.5 Å². The standard InChI is InChI=1S/C7H12N2O.H2/c8-7(10)4-6-2-1-3-9-5-6;/h5,9H,1-4H2,(H2,8,10);1H. The van der Waals surface area contributed by atoms with E-state index >= 15 is 0 Å². The molecule has 0 aromatic heterocycles. The predicted octanol–water partition coefficient (Wildman–Crippen LogP) is 0.375. The van der Waals surface area contributed by atoms with E-state index in [1.165, 1.54) is 0 Å². The second kappa shape index (κ2) is 3.25. The van der Waals surface area contributed by atoms with Gasteiger partial charge < -0.3 is 11.1 Å². The molecule has 1 aliphatic heterocycles. The topological polar surface area (TPSA) is 55.1 Å². The van der Waals surface area contributed by atoms with Gasteiger partial charge in [-0.3, -0.25) is 4.79 Å². The summed E-state index contributed by atoms with van der Waals surface area (Å²) in [6, 6.07) is 0. The van der Waals surface area contributed by atoms with E-state index in [1.54, 1.807) is 0 Å². The van der Waals surface area contributed by atoms with Gasteiger partial charge in [-0.05, 0) is 24.6 Å². The smallest absolute Gasteiger partial charge is 0.221 e. The molecule has 1 aliphatic rings. The monoisotopic (exact) mass is 142 g/mol. The zero-order chi connectivity index (χ0) is 7.40. The molecule has 0 unspecified atom stereocenters. The van der Waals surface area contributed by atoms with E-state index in [2.05, 4.69) is 5.32 Å². The summed E-state index contributed by atoms with van der Waals surface area (Å²) in [4.78, 5) is 10.4. The van der Waals surface area contributed by atoms with E-state index in [4.69, 9.17) is 5.73 Å². The van der Waals surface area contributed by atoms with Crippen molar-refractivity contribution in [2.45, 2.75) is 19.3 Å². The lowest BCUT2D eigenvalue weighted by atomic mass is 10.1. The van der Waals surface area contributed by atoms with Crippen LogP contribution in [0, 0.1) is 0 Å². The van der Waals surface area contributed by atoms with Gasteiger partial charge in [-0.15, -0.1) is 0 Å². The van der Waals surface area contributed by atoms with E-state index in [0.29, 0.717) is 6.42 Å². The molecule has 0 aromatic carbocycles. The first-order chi connectivity index (χ1) is 4.79. The molecule has 1 heterocycles. The third-order valence-corrected chi connectivity index (χ3v) is 1.53. The highest BCUT2D eigenvalue weighted by Crippen LogP contribution is 2.10. The van der Waals surface area contributed by atoms with Crippen LogP contribution < -0.4 is 11.1 Å². The zero-order valence-corrected chi connectivity index (χ0v) is 5.89. The maximum absolute atomic E-state index is 10.4. The molecule has 3 heteroatoms. The second-order valence-electron chi connectivity index (χ2n) is 2.50. The summed E-state index contributed by atoms with van der Waals surface area (Å²) >= 11 is 0. The van der Waals surface area contributed by atoms with Crippen LogP contribution in [0.4, 0.5) is 0 Å². The maximum Gasteiger partial charge on any atom is 0.221 e. The number of primary amides is 1. The van der Waals surface area contributed by atoms with Crippen molar-refractivity contribution >= 4 is 5.91 Å². The number of hydrogen-bond acceptors (Lipinski definition) is 2. The first-order valence-corrected chi connectivity index (χ1v) is 3.48. The number of rotatable bonds is 2. The molecule has 0 saturated carbocycles. The van der Waals surface area contributed by atoms with Crippen LogP contribution in [0.25, 0.3) is 0 Å². The highest BCUT2D eigenvalue weighted by molar-refractivity contribution is 5.76. The molecule has 1 amide bonds. The molecule has 58 valence electrons. The molecule has 0 bridgehead atoms. The van der Waals surface area contributed by atoms with E-state index in [1.807, 2.05) is 6.20 Å². The van der Waals surface area contributed by atoms with Gasteiger partial charge in [0.1, 0.15) is 0 Å². The highest BCUT2D eigenvalue weighted by atomic mass is 16.1. The van der Waals surface area contributed by atoms with Crippen molar-refractivity contribution in [1.29, 1.82) is 0 Å². The van der Waals surface area contributed by atoms with E-state index in [-0.39, 0.29) is 7.33 Å². The Bertz CT molecular complexity index is 168. The third kappa shape index (κ3) is 2.09. The van der Waals surface area contributed by atoms with Crippen LogP contribution in [0.1, 0.15) is 20.7 Å². The van der Waals surface area contributed by atoms with Gasteiger partial charge in [0.15, 0.2) is 0 Å². The summed E-state index contributed by atoms with van der Waals surface area (Å²) in [5.74, 6) is -0.241. The van der Waals surface area contributed by atoms with Gasteiger partial charge in [-0.25, -0.2) is 0 Å². The molecule has 10 heavy (non-hydrogen) atoms. The summed E-state index contributed by atoms with van der Waals surface area (Å²) in [5.41, 5.74) is 6.14. The Morgan fingerprint density at radius 3 is 3.20 bits per heavy atom. The summed E-state index contributed by atoms with van der Waals surface area (Å²) in [6.45, 7) is 1.02. The minimum absolute atomic E-state index is 0. The fourth-order valence-corrected chi connectivity index (χ4v) is 1.07. The molecule has 3 N–H and O–H groups in total. The van der Waals surface area contributed by atoms with Crippen LogP contribution in [0.3, 0.4) is 0 Å². The molecule has 0 fully saturated rings. The zero-order valence-electron chi connectivity index (χ0n) is 5.89. The molecule has 0 atom stereocenters. The highest BCUT2D eigenvalue weighted by Gasteiger charge is 2.04. The summed E-state index contributed by atoms with van der Waals surface area (Å²) in [7, 11) is 0.